The molecule has 100 valence electrons. The third-order valence-electron chi connectivity index (χ3n) is 3.66. The van der Waals surface area contributed by atoms with Gasteiger partial charge in [-0.2, -0.15) is 0 Å². The summed E-state index contributed by atoms with van der Waals surface area (Å²) in [5, 5.41) is 0. The van der Waals surface area contributed by atoms with Gasteiger partial charge in [-0.3, -0.25) is 4.90 Å². The van der Waals surface area contributed by atoms with Gasteiger partial charge in [0.2, 0.25) is 0 Å². The van der Waals surface area contributed by atoms with Gasteiger partial charge in [0.1, 0.15) is 5.82 Å². The summed E-state index contributed by atoms with van der Waals surface area (Å²) in [6, 6.07) is 5.47. The Hall–Kier alpha value is -0.450. The Morgan fingerprint density at radius 3 is 2.83 bits per heavy atom. The first-order chi connectivity index (χ1) is 8.50. The van der Waals surface area contributed by atoms with Gasteiger partial charge >= 0.3 is 0 Å². The van der Waals surface area contributed by atoms with E-state index in [2.05, 4.69) is 34.7 Å². The van der Waals surface area contributed by atoms with E-state index in [9.17, 15) is 4.39 Å². The van der Waals surface area contributed by atoms with Gasteiger partial charge in [0.15, 0.2) is 0 Å². The van der Waals surface area contributed by atoms with Crippen LogP contribution in [0.3, 0.4) is 0 Å². The first-order valence-corrected chi connectivity index (χ1v) is 7.26. The van der Waals surface area contributed by atoms with E-state index in [1.54, 1.807) is 6.07 Å². The average Bonchev–Trinajstić information content (AvgIpc) is 2.32. The highest BCUT2D eigenvalue weighted by atomic mass is 79.9. The molecule has 18 heavy (non-hydrogen) atoms. The number of rotatable bonds is 2. The van der Waals surface area contributed by atoms with E-state index < -0.39 is 0 Å². The maximum atomic E-state index is 14.1. The Morgan fingerprint density at radius 1 is 1.44 bits per heavy atom. The smallest absolute Gasteiger partial charge is 0.128 e. The molecular formula is C14H20BrFN2. The molecule has 1 aromatic rings. The minimum Gasteiger partial charge on any atom is -0.326 e. The van der Waals surface area contributed by atoms with Crippen molar-refractivity contribution in [3.05, 3.63) is 34.1 Å². The van der Waals surface area contributed by atoms with Crippen molar-refractivity contribution in [3.8, 4) is 0 Å². The standard InChI is InChI=1S/C14H20BrFN2/c1-9(2)18-7-3-4-13(17)14(18)11-8-10(15)5-6-12(11)16/h5-6,8-9,13-14H,3-4,7,17H2,1-2H3. The van der Waals surface area contributed by atoms with Crippen LogP contribution in [0.4, 0.5) is 4.39 Å². The molecule has 1 fully saturated rings. The van der Waals surface area contributed by atoms with E-state index in [1.807, 2.05) is 6.07 Å². The lowest BCUT2D eigenvalue weighted by Crippen LogP contribution is -2.48. The maximum Gasteiger partial charge on any atom is 0.128 e. The number of nitrogens with two attached hydrogens (primary N) is 1. The van der Waals surface area contributed by atoms with E-state index in [-0.39, 0.29) is 17.9 Å². The second kappa shape index (κ2) is 5.68. The highest BCUT2D eigenvalue weighted by Gasteiger charge is 2.33. The fourth-order valence-electron chi connectivity index (χ4n) is 2.78. The Kier molecular flexibility index (Phi) is 4.41. The van der Waals surface area contributed by atoms with Crippen molar-refractivity contribution in [1.29, 1.82) is 0 Å². The van der Waals surface area contributed by atoms with E-state index in [0.717, 1.165) is 23.9 Å². The summed E-state index contributed by atoms with van der Waals surface area (Å²) >= 11 is 3.41. The zero-order chi connectivity index (χ0) is 13.3. The molecule has 0 saturated carbocycles. The normalized spacial score (nSPS) is 25.7. The zero-order valence-electron chi connectivity index (χ0n) is 10.9. The molecule has 2 atom stereocenters. The Balaban J connectivity index is 2.40. The zero-order valence-corrected chi connectivity index (χ0v) is 12.5. The summed E-state index contributed by atoms with van der Waals surface area (Å²) in [4.78, 5) is 2.30. The van der Waals surface area contributed by atoms with Gasteiger partial charge in [0, 0.05) is 22.1 Å². The van der Waals surface area contributed by atoms with Gasteiger partial charge < -0.3 is 5.73 Å². The summed E-state index contributed by atoms with van der Waals surface area (Å²) in [5.41, 5.74) is 6.95. The lowest BCUT2D eigenvalue weighted by Gasteiger charge is -2.42. The quantitative estimate of drug-likeness (QED) is 0.905. The van der Waals surface area contributed by atoms with Crippen molar-refractivity contribution in [1.82, 2.24) is 4.90 Å². The summed E-state index contributed by atoms with van der Waals surface area (Å²) in [7, 11) is 0. The van der Waals surface area contributed by atoms with Crippen LogP contribution >= 0.6 is 15.9 Å². The molecule has 1 aliphatic heterocycles. The van der Waals surface area contributed by atoms with Gasteiger partial charge in [-0.25, -0.2) is 4.39 Å². The Bertz CT molecular complexity index is 422. The van der Waals surface area contributed by atoms with Gasteiger partial charge in [-0.1, -0.05) is 15.9 Å². The average molecular weight is 315 g/mol. The minimum atomic E-state index is -0.161. The number of piperidine rings is 1. The SMILES string of the molecule is CC(C)N1CCCC(N)C1c1cc(Br)ccc1F. The molecular weight excluding hydrogens is 295 g/mol. The number of nitrogens with zero attached hydrogens (tertiary/aromatic N) is 1. The van der Waals surface area contributed by atoms with E-state index in [4.69, 9.17) is 5.73 Å². The summed E-state index contributed by atoms with van der Waals surface area (Å²) in [5.74, 6) is -0.161. The number of benzene rings is 1. The van der Waals surface area contributed by atoms with Gasteiger partial charge in [-0.05, 0) is 51.4 Å². The molecule has 1 aromatic carbocycles. The molecule has 2 nitrogen and oxygen atoms in total. The first kappa shape index (κ1) is 14.0. The van der Waals surface area contributed by atoms with Gasteiger partial charge in [-0.15, -0.1) is 0 Å². The van der Waals surface area contributed by atoms with Gasteiger partial charge in [0.25, 0.3) is 0 Å². The lowest BCUT2D eigenvalue weighted by atomic mass is 9.89. The van der Waals surface area contributed by atoms with Crippen molar-refractivity contribution < 1.29 is 4.39 Å². The minimum absolute atomic E-state index is 0.00458. The molecule has 2 unspecified atom stereocenters. The van der Waals surface area contributed by atoms with Crippen LogP contribution < -0.4 is 5.73 Å². The van der Waals surface area contributed by atoms with Crippen molar-refractivity contribution in [2.24, 2.45) is 5.73 Å². The molecule has 2 N–H and O–H groups in total. The van der Waals surface area contributed by atoms with Gasteiger partial charge in [0.05, 0.1) is 6.04 Å². The molecule has 0 aliphatic carbocycles. The molecule has 0 radical (unpaired) electrons. The topological polar surface area (TPSA) is 29.3 Å². The van der Waals surface area contributed by atoms with Crippen molar-refractivity contribution >= 4 is 15.9 Å². The highest BCUT2D eigenvalue weighted by Crippen LogP contribution is 2.34. The predicted octanol–water partition coefficient (Wildman–Crippen LogP) is 3.46. The number of hydrogen-bond donors (Lipinski definition) is 1. The molecule has 0 aromatic heterocycles. The summed E-state index contributed by atoms with van der Waals surface area (Å²) in [6.07, 6.45) is 2.05. The van der Waals surface area contributed by atoms with E-state index >= 15 is 0 Å². The number of hydrogen-bond acceptors (Lipinski definition) is 2. The number of halogens is 2. The second-order valence-electron chi connectivity index (χ2n) is 5.25. The molecule has 0 spiro atoms. The fourth-order valence-corrected chi connectivity index (χ4v) is 3.16. The molecule has 1 saturated heterocycles. The van der Waals surface area contributed by atoms with Crippen LogP contribution in [0.5, 0.6) is 0 Å². The van der Waals surface area contributed by atoms with Crippen molar-refractivity contribution in [2.75, 3.05) is 6.54 Å². The van der Waals surface area contributed by atoms with Crippen LogP contribution in [-0.4, -0.2) is 23.5 Å². The molecule has 2 rings (SSSR count). The van der Waals surface area contributed by atoms with Crippen LogP contribution in [0.15, 0.2) is 22.7 Å². The third-order valence-corrected chi connectivity index (χ3v) is 4.15. The molecule has 0 amide bonds. The summed E-state index contributed by atoms with van der Waals surface area (Å²) in [6.45, 7) is 5.27. The second-order valence-corrected chi connectivity index (χ2v) is 6.16. The molecule has 0 bridgehead atoms. The van der Waals surface area contributed by atoms with E-state index in [0.29, 0.717) is 11.6 Å². The van der Waals surface area contributed by atoms with Crippen LogP contribution in [0.1, 0.15) is 38.3 Å². The van der Waals surface area contributed by atoms with Crippen LogP contribution in [-0.2, 0) is 0 Å². The Morgan fingerprint density at radius 2 is 2.17 bits per heavy atom. The van der Waals surface area contributed by atoms with Crippen LogP contribution in [0.2, 0.25) is 0 Å². The fraction of sp³-hybridized carbons (Fsp3) is 0.571. The largest absolute Gasteiger partial charge is 0.326 e. The monoisotopic (exact) mass is 314 g/mol. The third kappa shape index (κ3) is 2.76. The molecule has 4 heteroatoms. The summed E-state index contributed by atoms with van der Waals surface area (Å²) < 4.78 is 15.0. The lowest BCUT2D eigenvalue weighted by molar-refractivity contribution is 0.0922. The van der Waals surface area contributed by atoms with Crippen molar-refractivity contribution in [3.63, 3.8) is 0 Å². The number of likely N-dealkylation sites (tertiary alicyclic amines) is 1. The van der Waals surface area contributed by atoms with Crippen LogP contribution in [0.25, 0.3) is 0 Å². The maximum absolute atomic E-state index is 14.1. The van der Waals surface area contributed by atoms with Crippen LogP contribution in [0, 0.1) is 5.82 Å². The Labute approximate surface area is 116 Å². The first-order valence-electron chi connectivity index (χ1n) is 6.47. The van der Waals surface area contributed by atoms with Crippen molar-refractivity contribution in [2.45, 2.75) is 44.8 Å². The molecule has 1 aliphatic rings. The highest BCUT2D eigenvalue weighted by molar-refractivity contribution is 9.10. The predicted molar refractivity (Wildman–Crippen MR) is 75.9 cm³/mol. The molecule has 1 heterocycles. The van der Waals surface area contributed by atoms with E-state index in [1.165, 1.54) is 6.07 Å².